The summed E-state index contributed by atoms with van der Waals surface area (Å²) in [4.78, 5) is 11.7. The summed E-state index contributed by atoms with van der Waals surface area (Å²) in [5, 5.41) is 2.70. The number of halogens is 1. The van der Waals surface area contributed by atoms with Crippen molar-refractivity contribution >= 4 is 28.5 Å². The van der Waals surface area contributed by atoms with E-state index in [4.69, 9.17) is 0 Å². The van der Waals surface area contributed by atoms with Crippen molar-refractivity contribution in [1.29, 1.82) is 0 Å². The number of aromatic nitrogens is 1. The number of rotatable bonds is 4. The first-order chi connectivity index (χ1) is 9.11. The molecule has 0 bridgehead atoms. The lowest BCUT2D eigenvalue weighted by molar-refractivity contribution is -0.121. The van der Waals surface area contributed by atoms with E-state index in [0.29, 0.717) is 6.42 Å². The van der Waals surface area contributed by atoms with Crippen LogP contribution in [0.2, 0.25) is 0 Å². The van der Waals surface area contributed by atoms with Crippen LogP contribution in [-0.2, 0) is 4.79 Å². The molecular formula is C15H17IN2O. The second kappa shape index (κ2) is 6.23. The lowest BCUT2D eigenvalue weighted by Crippen LogP contribution is -2.24. The normalized spacial score (nSPS) is 12.2. The SMILES string of the molecule is CNC(=O)CC(c1ccc(C)cc1)n1cccc1I. The van der Waals surface area contributed by atoms with Crippen LogP contribution in [0.15, 0.2) is 42.6 Å². The van der Waals surface area contributed by atoms with Crippen molar-refractivity contribution in [1.82, 2.24) is 9.88 Å². The lowest BCUT2D eigenvalue weighted by Gasteiger charge is -2.20. The molecule has 3 nitrogen and oxygen atoms in total. The molecule has 1 atom stereocenters. The summed E-state index contributed by atoms with van der Waals surface area (Å²) in [6, 6.07) is 12.5. The molecule has 0 radical (unpaired) electrons. The summed E-state index contributed by atoms with van der Waals surface area (Å²) >= 11 is 2.29. The smallest absolute Gasteiger partial charge is 0.222 e. The number of carbonyl (C=O) groups is 1. The number of aryl methyl sites for hydroxylation is 1. The first-order valence-electron chi connectivity index (χ1n) is 6.21. The van der Waals surface area contributed by atoms with Gasteiger partial charge in [0, 0.05) is 13.2 Å². The molecule has 1 aromatic carbocycles. The Labute approximate surface area is 127 Å². The first kappa shape index (κ1) is 14.1. The minimum atomic E-state index is 0.0439. The third-order valence-electron chi connectivity index (χ3n) is 3.18. The number of hydrogen-bond donors (Lipinski definition) is 1. The number of nitrogens with zero attached hydrogens (tertiary/aromatic N) is 1. The van der Waals surface area contributed by atoms with Crippen molar-refractivity contribution in [2.45, 2.75) is 19.4 Å². The third-order valence-corrected chi connectivity index (χ3v) is 4.10. The Morgan fingerprint density at radius 1 is 1.32 bits per heavy atom. The molecule has 4 heteroatoms. The second-order valence-corrected chi connectivity index (χ2v) is 5.65. The molecular weight excluding hydrogens is 351 g/mol. The van der Waals surface area contributed by atoms with E-state index in [1.165, 1.54) is 5.56 Å². The van der Waals surface area contributed by atoms with Crippen LogP contribution >= 0.6 is 22.6 Å². The van der Waals surface area contributed by atoms with Gasteiger partial charge in [0.2, 0.25) is 5.91 Å². The zero-order valence-electron chi connectivity index (χ0n) is 11.1. The summed E-state index contributed by atoms with van der Waals surface area (Å²) < 4.78 is 3.27. The van der Waals surface area contributed by atoms with E-state index in [0.717, 1.165) is 9.26 Å². The highest BCUT2D eigenvalue weighted by Crippen LogP contribution is 2.25. The summed E-state index contributed by atoms with van der Waals surface area (Å²) in [5.41, 5.74) is 2.38. The van der Waals surface area contributed by atoms with E-state index in [2.05, 4.69) is 63.7 Å². The van der Waals surface area contributed by atoms with Crippen LogP contribution in [0.4, 0.5) is 0 Å². The molecule has 1 unspecified atom stereocenters. The molecule has 1 amide bonds. The average Bonchev–Trinajstić information content (AvgIpc) is 2.83. The van der Waals surface area contributed by atoms with Crippen molar-refractivity contribution in [3.8, 4) is 0 Å². The van der Waals surface area contributed by atoms with Crippen molar-refractivity contribution in [2.24, 2.45) is 0 Å². The fraction of sp³-hybridized carbons (Fsp3) is 0.267. The molecule has 0 aliphatic rings. The van der Waals surface area contributed by atoms with Gasteiger partial charge in [0.1, 0.15) is 0 Å². The Balaban J connectivity index is 2.37. The van der Waals surface area contributed by atoms with E-state index >= 15 is 0 Å². The van der Waals surface area contributed by atoms with Crippen LogP contribution in [-0.4, -0.2) is 17.5 Å². The molecule has 0 aliphatic carbocycles. The van der Waals surface area contributed by atoms with Gasteiger partial charge >= 0.3 is 0 Å². The predicted molar refractivity (Wildman–Crippen MR) is 85.2 cm³/mol. The van der Waals surface area contributed by atoms with Crippen LogP contribution in [0.5, 0.6) is 0 Å². The van der Waals surface area contributed by atoms with Gasteiger partial charge in [-0.05, 0) is 47.2 Å². The lowest BCUT2D eigenvalue weighted by atomic mass is 10.0. The highest BCUT2D eigenvalue weighted by molar-refractivity contribution is 14.1. The summed E-state index contributed by atoms with van der Waals surface area (Å²) in [6.45, 7) is 2.07. The van der Waals surface area contributed by atoms with Gasteiger partial charge in [-0.25, -0.2) is 0 Å². The number of hydrogen-bond acceptors (Lipinski definition) is 1. The molecule has 2 rings (SSSR count). The van der Waals surface area contributed by atoms with Gasteiger partial charge in [-0.15, -0.1) is 0 Å². The topological polar surface area (TPSA) is 34.0 Å². The molecule has 2 aromatic rings. The Morgan fingerprint density at radius 2 is 2.00 bits per heavy atom. The molecule has 0 aliphatic heterocycles. The van der Waals surface area contributed by atoms with E-state index in [1.54, 1.807) is 7.05 Å². The van der Waals surface area contributed by atoms with Gasteiger partial charge in [0.05, 0.1) is 16.2 Å². The maximum Gasteiger partial charge on any atom is 0.222 e. The van der Waals surface area contributed by atoms with Gasteiger partial charge < -0.3 is 9.88 Å². The summed E-state index contributed by atoms with van der Waals surface area (Å²) in [7, 11) is 1.68. The van der Waals surface area contributed by atoms with E-state index < -0.39 is 0 Å². The standard InChI is InChI=1S/C15H17IN2O/c1-11-5-7-12(8-6-11)13(10-15(19)17-2)18-9-3-4-14(18)16/h3-9,13H,10H2,1-2H3,(H,17,19). The van der Waals surface area contributed by atoms with Crippen LogP contribution in [0.1, 0.15) is 23.6 Å². The fourth-order valence-corrected chi connectivity index (χ4v) is 2.77. The Hall–Kier alpha value is -1.30. The van der Waals surface area contributed by atoms with Crippen LogP contribution in [0.25, 0.3) is 0 Å². The van der Waals surface area contributed by atoms with Gasteiger partial charge in [-0.1, -0.05) is 29.8 Å². The second-order valence-electron chi connectivity index (χ2n) is 4.54. The van der Waals surface area contributed by atoms with E-state index in [-0.39, 0.29) is 11.9 Å². The van der Waals surface area contributed by atoms with Crippen molar-refractivity contribution < 1.29 is 4.79 Å². The van der Waals surface area contributed by atoms with Crippen molar-refractivity contribution in [2.75, 3.05) is 7.05 Å². The molecule has 1 heterocycles. The van der Waals surface area contributed by atoms with E-state index in [1.807, 2.05) is 18.3 Å². The van der Waals surface area contributed by atoms with Crippen LogP contribution < -0.4 is 5.32 Å². The molecule has 0 fully saturated rings. The van der Waals surface area contributed by atoms with Crippen molar-refractivity contribution in [3.63, 3.8) is 0 Å². The molecule has 1 aromatic heterocycles. The Morgan fingerprint density at radius 3 is 2.53 bits per heavy atom. The Bertz CT molecular complexity index is 560. The monoisotopic (exact) mass is 368 g/mol. The maximum atomic E-state index is 11.7. The molecule has 0 saturated carbocycles. The largest absolute Gasteiger partial charge is 0.359 e. The average molecular weight is 368 g/mol. The number of amides is 1. The molecule has 1 N–H and O–H groups in total. The van der Waals surface area contributed by atoms with Crippen LogP contribution in [0.3, 0.4) is 0 Å². The molecule has 0 spiro atoms. The zero-order chi connectivity index (χ0) is 13.8. The minimum Gasteiger partial charge on any atom is -0.359 e. The number of benzene rings is 1. The predicted octanol–water partition coefficient (Wildman–Crippen LogP) is 3.13. The minimum absolute atomic E-state index is 0.0439. The molecule has 19 heavy (non-hydrogen) atoms. The maximum absolute atomic E-state index is 11.7. The summed E-state index contributed by atoms with van der Waals surface area (Å²) in [5.74, 6) is 0.0510. The Kier molecular flexibility index (Phi) is 4.63. The van der Waals surface area contributed by atoms with Gasteiger partial charge in [-0.2, -0.15) is 0 Å². The van der Waals surface area contributed by atoms with E-state index in [9.17, 15) is 4.79 Å². The zero-order valence-corrected chi connectivity index (χ0v) is 13.2. The highest BCUT2D eigenvalue weighted by Gasteiger charge is 2.18. The molecule has 100 valence electrons. The summed E-state index contributed by atoms with van der Waals surface area (Å²) in [6.07, 6.45) is 2.47. The van der Waals surface area contributed by atoms with Gasteiger partial charge in [0.25, 0.3) is 0 Å². The van der Waals surface area contributed by atoms with Gasteiger partial charge in [-0.3, -0.25) is 4.79 Å². The first-order valence-corrected chi connectivity index (χ1v) is 7.29. The van der Waals surface area contributed by atoms with Crippen molar-refractivity contribution in [3.05, 3.63) is 57.4 Å². The van der Waals surface area contributed by atoms with Gasteiger partial charge in [0.15, 0.2) is 0 Å². The quantitative estimate of drug-likeness (QED) is 0.827. The molecule has 0 saturated heterocycles. The fourth-order valence-electron chi connectivity index (χ4n) is 2.07. The van der Waals surface area contributed by atoms with Crippen LogP contribution in [0, 0.1) is 10.6 Å². The third kappa shape index (κ3) is 3.37. The number of nitrogens with one attached hydrogen (secondary N) is 1. The highest BCUT2D eigenvalue weighted by atomic mass is 127. The number of carbonyl (C=O) groups excluding carboxylic acids is 1.